The number of nitrogens with one attached hydrogen (secondary N) is 1. The van der Waals surface area contributed by atoms with Gasteiger partial charge < -0.3 is 10.4 Å². The molecule has 0 aromatic heterocycles. The van der Waals surface area contributed by atoms with E-state index in [9.17, 15) is 5.11 Å². The van der Waals surface area contributed by atoms with Crippen LogP contribution in [0.4, 0.5) is 0 Å². The Hall–Kier alpha value is -0.730. The molecule has 1 aliphatic heterocycles. The second-order valence-electron chi connectivity index (χ2n) is 4.40. The largest absolute Gasteiger partial charge is 0.506 e. The molecule has 0 amide bonds. The molecule has 0 saturated heterocycles. The maximum Gasteiger partial charge on any atom is 0.134 e. The minimum absolute atomic E-state index is 0.205. The molecule has 1 aromatic carbocycles. The summed E-state index contributed by atoms with van der Waals surface area (Å²) >= 11 is 5.97. The van der Waals surface area contributed by atoms with E-state index in [1.807, 2.05) is 12.1 Å². The van der Waals surface area contributed by atoms with Crippen LogP contribution in [0.1, 0.15) is 43.4 Å². The van der Waals surface area contributed by atoms with Crippen LogP contribution in [0.15, 0.2) is 12.1 Å². The van der Waals surface area contributed by atoms with E-state index in [1.165, 1.54) is 24.0 Å². The Labute approximate surface area is 102 Å². The van der Waals surface area contributed by atoms with E-state index in [-0.39, 0.29) is 5.75 Å². The predicted octanol–water partition coefficient (Wildman–Crippen LogP) is 3.42. The highest BCUT2D eigenvalue weighted by molar-refractivity contribution is 6.32. The molecule has 2 rings (SSSR count). The van der Waals surface area contributed by atoms with Crippen molar-refractivity contribution in [3.63, 3.8) is 0 Å². The van der Waals surface area contributed by atoms with Gasteiger partial charge in [0.05, 0.1) is 5.02 Å². The minimum Gasteiger partial charge on any atom is -0.506 e. The summed E-state index contributed by atoms with van der Waals surface area (Å²) in [5, 5.41) is 13.6. The molecule has 1 atom stereocenters. The first kappa shape index (κ1) is 11.7. The summed E-state index contributed by atoms with van der Waals surface area (Å²) in [5.41, 5.74) is 2.50. The van der Waals surface area contributed by atoms with Crippen molar-refractivity contribution < 1.29 is 5.11 Å². The molecule has 0 radical (unpaired) electrons. The van der Waals surface area contributed by atoms with Crippen LogP contribution in [0.5, 0.6) is 5.75 Å². The van der Waals surface area contributed by atoms with Crippen molar-refractivity contribution in [3.05, 3.63) is 28.3 Å². The van der Waals surface area contributed by atoms with E-state index >= 15 is 0 Å². The summed E-state index contributed by atoms with van der Waals surface area (Å²) in [4.78, 5) is 0. The standard InChI is InChI=1S/C13H18ClNO/c1-2-3-4-12-10-8-11(14)13(16)7-9(10)5-6-15-12/h7-8,12,15-16H,2-6H2,1H3. The SMILES string of the molecule is CCCCC1NCCc2cc(O)c(Cl)cc21. The fourth-order valence-corrected chi connectivity index (χ4v) is 2.49. The Morgan fingerprint density at radius 2 is 2.31 bits per heavy atom. The summed E-state index contributed by atoms with van der Waals surface area (Å²) in [7, 11) is 0. The van der Waals surface area contributed by atoms with Gasteiger partial charge in [0, 0.05) is 6.04 Å². The smallest absolute Gasteiger partial charge is 0.134 e. The fourth-order valence-electron chi connectivity index (χ4n) is 2.32. The van der Waals surface area contributed by atoms with Crippen LogP contribution in [0.3, 0.4) is 0 Å². The zero-order chi connectivity index (χ0) is 11.5. The molecular weight excluding hydrogens is 222 g/mol. The van der Waals surface area contributed by atoms with Crippen molar-refractivity contribution in [1.82, 2.24) is 5.32 Å². The van der Waals surface area contributed by atoms with E-state index in [4.69, 9.17) is 11.6 Å². The van der Waals surface area contributed by atoms with Gasteiger partial charge in [0.2, 0.25) is 0 Å². The average molecular weight is 240 g/mol. The number of phenols is 1. The highest BCUT2D eigenvalue weighted by Crippen LogP contribution is 2.34. The van der Waals surface area contributed by atoms with Gasteiger partial charge in [-0.3, -0.25) is 0 Å². The molecule has 0 spiro atoms. The first-order chi connectivity index (χ1) is 7.72. The van der Waals surface area contributed by atoms with Crippen molar-refractivity contribution in [1.29, 1.82) is 0 Å². The molecule has 3 heteroatoms. The summed E-state index contributed by atoms with van der Waals surface area (Å²) < 4.78 is 0. The zero-order valence-corrected chi connectivity index (χ0v) is 10.3. The van der Waals surface area contributed by atoms with Gasteiger partial charge in [-0.2, -0.15) is 0 Å². The molecule has 88 valence electrons. The number of phenolic OH excluding ortho intramolecular Hbond substituents is 1. The van der Waals surface area contributed by atoms with E-state index in [1.54, 1.807) is 0 Å². The number of halogens is 1. The lowest BCUT2D eigenvalue weighted by Gasteiger charge is -2.27. The molecule has 0 saturated carbocycles. The lowest BCUT2D eigenvalue weighted by Crippen LogP contribution is -2.29. The first-order valence-electron chi connectivity index (χ1n) is 5.97. The highest BCUT2D eigenvalue weighted by atomic mass is 35.5. The zero-order valence-electron chi connectivity index (χ0n) is 9.59. The third-order valence-electron chi connectivity index (χ3n) is 3.22. The van der Waals surface area contributed by atoms with Gasteiger partial charge in [0.25, 0.3) is 0 Å². The lowest BCUT2D eigenvalue weighted by molar-refractivity contribution is 0.450. The number of hydrogen-bond donors (Lipinski definition) is 2. The normalized spacial score (nSPS) is 19.5. The second kappa shape index (κ2) is 5.07. The number of hydrogen-bond acceptors (Lipinski definition) is 2. The average Bonchev–Trinajstić information content (AvgIpc) is 2.28. The fraction of sp³-hybridized carbons (Fsp3) is 0.538. The molecule has 1 aliphatic rings. The number of rotatable bonds is 3. The Bertz CT molecular complexity index is 378. The lowest BCUT2D eigenvalue weighted by atomic mass is 9.91. The Balaban J connectivity index is 2.27. The van der Waals surface area contributed by atoms with Crippen LogP contribution in [-0.4, -0.2) is 11.7 Å². The monoisotopic (exact) mass is 239 g/mol. The van der Waals surface area contributed by atoms with Gasteiger partial charge in [-0.1, -0.05) is 31.4 Å². The predicted molar refractivity (Wildman–Crippen MR) is 67.1 cm³/mol. The van der Waals surface area contributed by atoms with Crippen molar-refractivity contribution >= 4 is 11.6 Å². The summed E-state index contributed by atoms with van der Waals surface area (Å²) in [6, 6.07) is 4.14. The van der Waals surface area contributed by atoms with Gasteiger partial charge >= 0.3 is 0 Å². The maximum atomic E-state index is 9.59. The van der Waals surface area contributed by atoms with Crippen LogP contribution in [-0.2, 0) is 6.42 Å². The van der Waals surface area contributed by atoms with E-state index < -0.39 is 0 Å². The summed E-state index contributed by atoms with van der Waals surface area (Å²) in [6.07, 6.45) is 4.54. The van der Waals surface area contributed by atoms with Gasteiger partial charge in [-0.25, -0.2) is 0 Å². The van der Waals surface area contributed by atoms with Crippen molar-refractivity contribution in [2.75, 3.05) is 6.54 Å². The molecule has 1 aromatic rings. The molecule has 0 aliphatic carbocycles. The first-order valence-corrected chi connectivity index (χ1v) is 6.35. The number of unbranched alkanes of at least 4 members (excludes halogenated alkanes) is 1. The number of fused-ring (bicyclic) bond motifs is 1. The molecule has 2 nitrogen and oxygen atoms in total. The number of aromatic hydroxyl groups is 1. The van der Waals surface area contributed by atoms with Gasteiger partial charge in [0.15, 0.2) is 0 Å². The van der Waals surface area contributed by atoms with Crippen LogP contribution in [0, 0.1) is 0 Å². The van der Waals surface area contributed by atoms with E-state index in [2.05, 4.69) is 12.2 Å². The topological polar surface area (TPSA) is 32.3 Å². The molecule has 2 N–H and O–H groups in total. The summed E-state index contributed by atoms with van der Waals surface area (Å²) in [6.45, 7) is 3.19. The number of benzene rings is 1. The Morgan fingerprint density at radius 1 is 1.50 bits per heavy atom. The molecule has 0 fully saturated rings. The van der Waals surface area contributed by atoms with Crippen LogP contribution in [0.25, 0.3) is 0 Å². The van der Waals surface area contributed by atoms with Crippen LogP contribution < -0.4 is 5.32 Å². The quantitative estimate of drug-likeness (QED) is 0.847. The molecule has 1 unspecified atom stereocenters. The summed E-state index contributed by atoms with van der Waals surface area (Å²) in [5.74, 6) is 0.205. The highest BCUT2D eigenvalue weighted by Gasteiger charge is 2.20. The molecular formula is C13H18ClNO. The van der Waals surface area contributed by atoms with Gasteiger partial charge in [-0.05, 0) is 42.6 Å². The van der Waals surface area contributed by atoms with Gasteiger partial charge in [-0.15, -0.1) is 0 Å². The molecule has 0 bridgehead atoms. The van der Waals surface area contributed by atoms with Crippen LogP contribution in [0.2, 0.25) is 5.02 Å². The van der Waals surface area contributed by atoms with E-state index in [0.29, 0.717) is 11.1 Å². The van der Waals surface area contributed by atoms with Gasteiger partial charge in [0.1, 0.15) is 5.75 Å². The molecule has 1 heterocycles. The Morgan fingerprint density at radius 3 is 3.06 bits per heavy atom. The van der Waals surface area contributed by atoms with Crippen LogP contribution >= 0.6 is 11.6 Å². The van der Waals surface area contributed by atoms with E-state index in [0.717, 1.165) is 19.4 Å². The second-order valence-corrected chi connectivity index (χ2v) is 4.81. The Kier molecular flexibility index (Phi) is 3.72. The van der Waals surface area contributed by atoms with Crippen molar-refractivity contribution in [2.45, 2.75) is 38.6 Å². The third-order valence-corrected chi connectivity index (χ3v) is 3.52. The van der Waals surface area contributed by atoms with Crippen molar-refractivity contribution in [3.8, 4) is 5.75 Å². The maximum absolute atomic E-state index is 9.59. The minimum atomic E-state index is 0.205. The van der Waals surface area contributed by atoms with Crippen molar-refractivity contribution in [2.24, 2.45) is 0 Å². The third kappa shape index (κ3) is 2.33. The molecule has 16 heavy (non-hydrogen) atoms.